The zero-order valence-electron chi connectivity index (χ0n) is 15.0. The number of oxazole rings is 1. The molecule has 4 rings (SSSR count). The van der Waals surface area contributed by atoms with Crippen LogP contribution in [0, 0.1) is 0 Å². The average Bonchev–Trinajstić information content (AvgIpc) is 3.17. The van der Waals surface area contributed by atoms with Crippen LogP contribution < -0.4 is 11.1 Å². The molecule has 0 atom stereocenters. The Labute approximate surface area is 155 Å². The maximum atomic E-state index is 12.5. The average molecular weight is 364 g/mol. The lowest BCUT2D eigenvalue weighted by molar-refractivity contribution is -0.116. The lowest BCUT2D eigenvalue weighted by atomic mass is 10.3. The van der Waals surface area contributed by atoms with E-state index in [4.69, 9.17) is 4.42 Å². The van der Waals surface area contributed by atoms with Crippen molar-refractivity contribution in [2.45, 2.75) is 32.9 Å². The van der Waals surface area contributed by atoms with Gasteiger partial charge in [0.2, 0.25) is 11.9 Å². The Morgan fingerprint density at radius 3 is 2.59 bits per heavy atom. The Morgan fingerprint density at radius 2 is 1.78 bits per heavy atom. The van der Waals surface area contributed by atoms with Crippen LogP contribution in [0.3, 0.4) is 0 Å². The summed E-state index contributed by atoms with van der Waals surface area (Å²) in [5, 5.41) is 2.88. The molecule has 0 bridgehead atoms. The first-order chi connectivity index (χ1) is 13.2. The van der Waals surface area contributed by atoms with Crippen molar-refractivity contribution in [2.24, 2.45) is 0 Å². The molecule has 2 heterocycles. The van der Waals surface area contributed by atoms with Gasteiger partial charge < -0.3 is 8.98 Å². The van der Waals surface area contributed by atoms with Gasteiger partial charge >= 0.3 is 5.76 Å². The van der Waals surface area contributed by atoms with Crippen LogP contribution in [0.1, 0.15) is 19.8 Å². The molecule has 0 radical (unpaired) electrons. The number of benzene rings is 2. The lowest BCUT2D eigenvalue weighted by Gasteiger charge is -2.09. The van der Waals surface area contributed by atoms with Gasteiger partial charge in [0, 0.05) is 19.5 Å². The minimum Gasteiger partial charge on any atom is -0.408 e. The summed E-state index contributed by atoms with van der Waals surface area (Å²) in [4.78, 5) is 29.0. The third-order valence-corrected chi connectivity index (χ3v) is 4.49. The molecular weight excluding hydrogens is 344 g/mol. The third kappa shape index (κ3) is 3.23. The zero-order valence-corrected chi connectivity index (χ0v) is 15.0. The Hall–Kier alpha value is -3.35. The summed E-state index contributed by atoms with van der Waals surface area (Å²) in [7, 11) is 0. The Morgan fingerprint density at radius 1 is 1.04 bits per heavy atom. The third-order valence-electron chi connectivity index (χ3n) is 4.49. The van der Waals surface area contributed by atoms with Gasteiger partial charge in [0.25, 0.3) is 0 Å². The van der Waals surface area contributed by atoms with Crippen LogP contribution in [0.5, 0.6) is 0 Å². The number of aromatic nitrogens is 3. The van der Waals surface area contributed by atoms with Gasteiger partial charge in [0.05, 0.1) is 16.6 Å². The number of hydrogen-bond acceptors (Lipinski definition) is 4. The predicted octanol–water partition coefficient (Wildman–Crippen LogP) is 3.38. The van der Waals surface area contributed by atoms with Crippen LogP contribution in [-0.2, 0) is 17.9 Å². The van der Waals surface area contributed by atoms with Crippen LogP contribution >= 0.6 is 0 Å². The summed E-state index contributed by atoms with van der Waals surface area (Å²) in [5.74, 6) is -0.116. The number of anilines is 1. The normalized spacial score (nSPS) is 11.3. The zero-order chi connectivity index (χ0) is 18.8. The van der Waals surface area contributed by atoms with E-state index >= 15 is 0 Å². The standard InChI is InChI=1S/C20H20N4O3/c1-2-12-23-15-8-4-3-7-14(15)21-19(23)22-18(25)11-13-24-16-9-5-6-10-17(16)27-20(24)26/h3-10H,2,11-13H2,1H3,(H,21,22,25). The Bertz CT molecular complexity index is 1170. The molecule has 7 nitrogen and oxygen atoms in total. The van der Waals surface area contributed by atoms with Gasteiger partial charge in [-0.25, -0.2) is 9.78 Å². The monoisotopic (exact) mass is 364 g/mol. The summed E-state index contributed by atoms with van der Waals surface area (Å²) in [6.45, 7) is 3.09. The van der Waals surface area contributed by atoms with Crippen molar-refractivity contribution in [1.29, 1.82) is 0 Å². The summed E-state index contributed by atoms with van der Waals surface area (Å²) in [5.41, 5.74) is 3.05. The maximum Gasteiger partial charge on any atom is 0.419 e. The molecule has 0 aliphatic heterocycles. The van der Waals surface area contributed by atoms with E-state index in [1.165, 1.54) is 4.57 Å². The quantitative estimate of drug-likeness (QED) is 0.569. The number of imidazole rings is 1. The first-order valence-corrected chi connectivity index (χ1v) is 9.01. The molecule has 27 heavy (non-hydrogen) atoms. The molecule has 0 aliphatic carbocycles. The Balaban J connectivity index is 1.53. The summed E-state index contributed by atoms with van der Waals surface area (Å²) < 4.78 is 8.68. The van der Waals surface area contributed by atoms with E-state index in [0.717, 1.165) is 24.0 Å². The SMILES string of the molecule is CCCn1c(NC(=O)CCn2c(=O)oc3ccccc32)nc2ccccc21. The Kier molecular flexibility index (Phi) is 4.50. The molecule has 0 saturated heterocycles. The van der Waals surface area contributed by atoms with Crippen molar-refractivity contribution >= 4 is 34.0 Å². The molecule has 2 aromatic carbocycles. The number of rotatable bonds is 6. The minimum atomic E-state index is -0.456. The van der Waals surface area contributed by atoms with E-state index in [2.05, 4.69) is 17.2 Å². The van der Waals surface area contributed by atoms with Crippen molar-refractivity contribution in [3.8, 4) is 0 Å². The maximum absolute atomic E-state index is 12.5. The van der Waals surface area contributed by atoms with Crippen molar-refractivity contribution < 1.29 is 9.21 Å². The highest BCUT2D eigenvalue weighted by molar-refractivity contribution is 5.91. The second kappa shape index (κ2) is 7.11. The van der Waals surface area contributed by atoms with Gasteiger partial charge in [-0.2, -0.15) is 0 Å². The number of fused-ring (bicyclic) bond motifs is 2. The fourth-order valence-electron chi connectivity index (χ4n) is 3.25. The predicted molar refractivity (Wildman–Crippen MR) is 104 cm³/mol. The number of hydrogen-bond donors (Lipinski definition) is 1. The topological polar surface area (TPSA) is 82.1 Å². The molecule has 138 valence electrons. The number of nitrogens with zero attached hydrogens (tertiary/aromatic N) is 3. The largest absolute Gasteiger partial charge is 0.419 e. The van der Waals surface area contributed by atoms with Gasteiger partial charge in [0.15, 0.2) is 5.58 Å². The van der Waals surface area contributed by atoms with Crippen molar-refractivity contribution in [3.63, 3.8) is 0 Å². The van der Waals surface area contributed by atoms with Gasteiger partial charge in [-0.05, 0) is 30.7 Å². The first kappa shape index (κ1) is 17.1. The number of para-hydroxylation sites is 4. The number of carbonyl (C=O) groups is 1. The molecule has 1 amide bonds. The number of nitrogens with one attached hydrogen (secondary N) is 1. The fourth-order valence-corrected chi connectivity index (χ4v) is 3.25. The van der Waals surface area contributed by atoms with Crippen molar-refractivity contribution in [3.05, 3.63) is 59.1 Å². The number of aryl methyl sites for hydroxylation is 2. The molecule has 0 unspecified atom stereocenters. The highest BCUT2D eigenvalue weighted by Crippen LogP contribution is 2.20. The van der Waals surface area contributed by atoms with Crippen molar-refractivity contribution in [2.75, 3.05) is 5.32 Å². The summed E-state index contributed by atoms with van der Waals surface area (Å²) in [6.07, 6.45) is 1.08. The van der Waals surface area contributed by atoms with Gasteiger partial charge in [-0.1, -0.05) is 31.2 Å². The molecule has 0 saturated carbocycles. The molecule has 4 aromatic rings. The second-order valence-corrected chi connectivity index (χ2v) is 6.36. The molecule has 0 aliphatic rings. The van der Waals surface area contributed by atoms with Crippen LogP contribution in [0.25, 0.3) is 22.1 Å². The second-order valence-electron chi connectivity index (χ2n) is 6.36. The van der Waals surface area contributed by atoms with E-state index < -0.39 is 5.76 Å². The lowest BCUT2D eigenvalue weighted by Crippen LogP contribution is -2.21. The van der Waals surface area contributed by atoms with E-state index in [9.17, 15) is 9.59 Å². The smallest absolute Gasteiger partial charge is 0.408 e. The van der Waals surface area contributed by atoms with Crippen LogP contribution in [0.15, 0.2) is 57.7 Å². The van der Waals surface area contributed by atoms with Gasteiger partial charge in [0.1, 0.15) is 0 Å². The molecule has 0 fully saturated rings. The molecule has 7 heteroatoms. The van der Waals surface area contributed by atoms with Crippen molar-refractivity contribution in [1.82, 2.24) is 14.1 Å². The van der Waals surface area contributed by atoms with E-state index in [0.29, 0.717) is 17.0 Å². The highest BCUT2D eigenvalue weighted by Gasteiger charge is 2.14. The van der Waals surface area contributed by atoms with E-state index in [1.807, 2.05) is 34.9 Å². The summed E-state index contributed by atoms with van der Waals surface area (Å²) in [6, 6.07) is 15.0. The van der Waals surface area contributed by atoms with Gasteiger partial charge in [-0.15, -0.1) is 0 Å². The van der Waals surface area contributed by atoms with E-state index in [-0.39, 0.29) is 18.9 Å². The number of amides is 1. The van der Waals surface area contributed by atoms with Crippen LogP contribution in [0.4, 0.5) is 5.95 Å². The van der Waals surface area contributed by atoms with Crippen LogP contribution in [0.2, 0.25) is 0 Å². The van der Waals surface area contributed by atoms with Crippen LogP contribution in [-0.4, -0.2) is 20.0 Å². The number of carbonyl (C=O) groups excluding carboxylic acids is 1. The summed E-state index contributed by atoms with van der Waals surface area (Å²) >= 11 is 0. The fraction of sp³-hybridized carbons (Fsp3) is 0.250. The molecule has 0 spiro atoms. The van der Waals surface area contributed by atoms with E-state index in [1.54, 1.807) is 18.2 Å². The molecule has 1 N–H and O–H groups in total. The molecular formula is C20H20N4O3. The first-order valence-electron chi connectivity index (χ1n) is 9.01. The van der Waals surface area contributed by atoms with Gasteiger partial charge in [-0.3, -0.25) is 14.7 Å². The minimum absolute atomic E-state index is 0.152. The molecule has 2 aromatic heterocycles. The highest BCUT2D eigenvalue weighted by atomic mass is 16.4.